The van der Waals surface area contributed by atoms with Crippen molar-refractivity contribution in [1.29, 1.82) is 0 Å². The molecular weight excluding hydrogens is 394 g/mol. The summed E-state index contributed by atoms with van der Waals surface area (Å²) in [5, 5.41) is 3.46. The Morgan fingerprint density at radius 2 is 1.66 bits per heavy atom. The molecule has 2 heterocycles. The predicted octanol–water partition coefficient (Wildman–Crippen LogP) is 5.71. The van der Waals surface area contributed by atoms with E-state index in [4.69, 9.17) is 4.74 Å². The first-order chi connectivity index (χ1) is 15.5. The Kier molecular flexibility index (Phi) is 5.56. The third-order valence-corrected chi connectivity index (χ3v) is 6.49. The van der Waals surface area contributed by atoms with Crippen molar-refractivity contribution in [3.05, 3.63) is 83.4 Å². The predicted molar refractivity (Wildman–Crippen MR) is 133 cm³/mol. The van der Waals surface area contributed by atoms with E-state index >= 15 is 0 Å². The number of piperazine rings is 1. The minimum absolute atomic E-state index is 0.0819. The number of hydrogen-bond acceptors (Lipinski definition) is 4. The van der Waals surface area contributed by atoms with Crippen LogP contribution in [0, 0.1) is 0 Å². The summed E-state index contributed by atoms with van der Waals surface area (Å²) in [6.45, 7) is 12.5. The van der Waals surface area contributed by atoms with Crippen LogP contribution in [0.5, 0.6) is 11.5 Å². The lowest BCUT2D eigenvalue weighted by molar-refractivity contribution is 0.478. The summed E-state index contributed by atoms with van der Waals surface area (Å²) >= 11 is 0. The van der Waals surface area contributed by atoms with Crippen LogP contribution < -0.4 is 19.9 Å². The highest BCUT2D eigenvalue weighted by atomic mass is 16.5. The molecule has 1 saturated heterocycles. The molecule has 0 aromatic heterocycles. The van der Waals surface area contributed by atoms with E-state index in [0.29, 0.717) is 0 Å². The summed E-state index contributed by atoms with van der Waals surface area (Å²) in [7, 11) is 0. The highest BCUT2D eigenvalue weighted by Crippen LogP contribution is 2.45. The van der Waals surface area contributed by atoms with Crippen molar-refractivity contribution in [2.45, 2.75) is 39.3 Å². The van der Waals surface area contributed by atoms with Gasteiger partial charge in [-0.15, -0.1) is 0 Å². The maximum absolute atomic E-state index is 6.72. The number of anilines is 2. The number of hydrogen-bond donors (Lipinski definition) is 1. The summed E-state index contributed by atoms with van der Waals surface area (Å²) in [6.07, 6.45) is 0. The number of nitrogens with one attached hydrogen (secondary N) is 1. The summed E-state index contributed by atoms with van der Waals surface area (Å²) in [6, 6.07) is 24.0. The van der Waals surface area contributed by atoms with Crippen molar-refractivity contribution in [3.63, 3.8) is 0 Å². The summed E-state index contributed by atoms with van der Waals surface area (Å²) in [4.78, 5) is 4.92. The molecule has 0 unspecified atom stereocenters. The molecule has 0 saturated carbocycles. The van der Waals surface area contributed by atoms with E-state index in [1.807, 2.05) is 0 Å². The molecule has 0 radical (unpaired) electrons. The van der Waals surface area contributed by atoms with Gasteiger partial charge < -0.3 is 19.9 Å². The van der Waals surface area contributed by atoms with Gasteiger partial charge in [-0.25, -0.2) is 0 Å². The number of ether oxygens (including phenoxy) is 1. The number of fused-ring (bicyclic) bond motifs is 2. The van der Waals surface area contributed by atoms with Crippen LogP contribution in [-0.4, -0.2) is 26.2 Å². The minimum Gasteiger partial charge on any atom is -0.453 e. The molecule has 0 bridgehead atoms. The Morgan fingerprint density at radius 3 is 2.41 bits per heavy atom. The molecule has 32 heavy (non-hydrogen) atoms. The normalized spacial score (nSPS) is 16.1. The van der Waals surface area contributed by atoms with Crippen molar-refractivity contribution in [3.8, 4) is 11.5 Å². The number of rotatable bonds is 3. The monoisotopic (exact) mass is 427 g/mol. The first-order valence-corrected chi connectivity index (χ1v) is 11.7. The van der Waals surface area contributed by atoms with E-state index in [2.05, 4.69) is 103 Å². The zero-order valence-electron chi connectivity index (χ0n) is 19.4. The zero-order chi connectivity index (χ0) is 22.1. The van der Waals surface area contributed by atoms with E-state index in [0.717, 1.165) is 50.8 Å². The molecule has 0 aliphatic carbocycles. The van der Waals surface area contributed by atoms with E-state index in [9.17, 15) is 0 Å². The summed E-state index contributed by atoms with van der Waals surface area (Å²) < 4.78 is 6.72. The van der Waals surface area contributed by atoms with E-state index in [-0.39, 0.29) is 5.41 Å². The van der Waals surface area contributed by atoms with E-state index in [1.54, 1.807) is 0 Å². The van der Waals surface area contributed by atoms with Crippen LogP contribution in [0.3, 0.4) is 0 Å². The average molecular weight is 428 g/mol. The summed E-state index contributed by atoms with van der Waals surface area (Å²) in [5.74, 6) is 1.95. The molecule has 0 atom stereocenters. The number of nitrogens with zero attached hydrogens (tertiary/aromatic N) is 2. The van der Waals surface area contributed by atoms with Crippen LogP contribution in [-0.2, 0) is 18.5 Å². The summed E-state index contributed by atoms with van der Waals surface area (Å²) in [5.41, 5.74) is 6.33. The van der Waals surface area contributed by atoms with Gasteiger partial charge in [-0.3, -0.25) is 0 Å². The highest BCUT2D eigenvalue weighted by Gasteiger charge is 2.27. The largest absolute Gasteiger partial charge is 0.453 e. The molecule has 4 heteroatoms. The van der Waals surface area contributed by atoms with Crippen molar-refractivity contribution in [2.75, 3.05) is 36.0 Å². The molecule has 4 nitrogen and oxygen atoms in total. The number of para-hydroxylation sites is 1. The lowest BCUT2D eigenvalue weighted by atomic mass is 9.86. The van der Waals surface area contributed by atoms with E-state index in [1.165, 1.54) is 28.1 Å². The second-order valence-corrected chi connectivity index (χ2v) is 9.88. The van der Waals surface area contributed by atoms with Gasteiger partial charge in [-0.1, -0.05) is 69.3 Å². The molecule has 2 aliphatic heterocycles. The third-order valence-electron chi connectivity index (χ3n) is 6.49. The van der Waals surface area contributed by atoms with Crippen molar-refractivity contribution < 1.29 is 4.74 Å². The van der Waals surface area contributed by atoms with Crippen LogP contribution in [0.2, 0.25) is 0 Å². The second-order valence-electron chi connectivity index (χ2n) is 9.88. The maximum atomic E-state index is 6.72. The van der Waals surface area contributed by atoms with Gasteiger partial charge in [0.1, 0.15) is 0 Å². The van der Waals surface area contributed by atoms with Crippen LogP contribution in [0.4, 0.5) is 11.4 Å². The first-order valence-electron chi connectivity index (χ1n) is 11.7. The average Bonchev–Trinajstić information content (AvgIpc) is 2.95. The Bertz CT molecular complexity index is 1080. The van der Waals surface area contributed by atoms with Crippen molar-refractivity contribution in [2.24, 2.45) is 0 Å². The smallest absolute Gasteiger partial charge is 0.155 e. The zero-order valence-corrected chi connectivity index (χ0v) is 19.4. The van der Waals surface area contributed by atoms with E-state index < -0.39 is 0 Å². The lowest BCUT2D eigenvalue weighted by Crippen LogP contribution is -2.43. The molecule has 2 aliphatic rings. The quantitative estimate of drug-likeness (QED) is 0.580. The molecule has 3 aromatic carbocycles. The standard InChI is InChI=1S/C28H33N3O/c1-28(2,3)23-12-13-26-25(18-23)31(19-21-8-5-4-6-9-21)20-22-10-7-11-24(27(22)32-26)30-16-14-29-15-17-30/h4-13,18,29H,14-17,19-20H2,1-3H3. The molecule has 1 N–H and O–H groups in total. The van der Waals surface area contributed by atoms with Gasteiger partial charge in [-0.2, -0.15) is 0 Å². The second kappa shape index (κ2) is 8.51. The van der Waals surface area contributed by atoms with Gasteiger partial charge >= 0.3 is 0 Å². The fraction of sp³-hybridized carbons (Fsp3) is 0.357. The fourth-order valence-corrected chi connectivity index (χ4v) is 4.63. The minimum atomic E-state index is 0.0819. The Morgan fingerprint density at radius 1 is 0.875 bits per heavy atom. The Labute approximate surface area is 191 Å². The van der Waals surface area contributed by atoms with Gasteiger partial charge in [0.05, 0.1) is 11.4 Å². The molecule has 0 spiro atoms. The van der Waals surface area contributed by atoms with Gasteiger partial charge in [0.25, 0.3) is 0 Å². The molecule has 166 valence electrons. The fourth-order valence-electron chi connectivity index (χ4n) is 4.63. The molecular formula is C28H33N3O. The molecule has 5 rings (SSSR count). The van der Waals surface area contributed by atoms with Crippen LogP contribution in [0.1, 0.15) is 37.5 Å². The maximum Gasteiger partial charge on any atom is 0.155 e. The van der Waals surface area contributed by atoms with Crippen molar-refractivity contribution in [1.82, 2.24) is 5.32 Å². The SMILES string of the molecule is CC(C)(C)c1ccc2c(c1)N(Cc1ccccc1)Cc1cccc(N3CCNCC3)c1O2. The van der Waals surface area contributed by atoms with Crippen LogP contribution in [0.25, 0.3) is 0 Å². The number of benzene rings is 3. The Balaban J connectivity index is 1.60. The van der Waals surface area contributed by atoms with Gasteiger partial charge in [0.2, 0.25) is 0 Å². The molecule has 0 amide bonds. The molecule has 3 aromatic rings. The first kappa shape index (κ1) is 20.9. The topological polar surface area (TPSA) is 27.7 Å². The van der Waals surface area contributed by atoms with Crippen LogP contribution in [0.15, 0.2) is 66.7 Å². The molecule has 1 fully saturated rings. The van der Waals surface area contributed by atoms with Crippen LogP contribution >= 0.6 is 0 Å². The van der Waals surface area contributed by atoms with Gasteiger partial charge in [0, 0.05) is 44.8 Å². The third kappa shape index (κ3) is 4.20. The van der Waals surface area contributed by atoms with Crippen molar-refractivity contribution >= 4 is 11.4 Å². The lowest BCUT2D eigenvalue weighted by Gasteiger charge is -2.31. The highest BCUT2D eigenvalue weighted by molar-refractivity contribution is 5.70. The van der Waals surface area contributed by atoms with Gasteiger partial charge in [-0.05, 0) is 34.7 Å². The Hall–Kier alpha value is -2.98. The van der Waals surface area contributed by atoms with Gasteiger partial charge in [0.15, 0.2) is 11.5 Å².